The average Bonchev–Trinajstić information content (AvgIpc) is 2.48. The zero-order valence-corrected chi connectivity index (χ0v) is 14.8. The normalized spacial score (nSPS) is 22.7. The van der Waals surface area contributed by atoms with E-state index >= 15 is 0 Å². The molecule has 0 bridgehead atoms. The summed E-state index contributed by atoms with van der Waals surface area (Å²) >= 11 is 0. The fourth-order valence-corrected chi connectivity index (χ4v) is 3.17. The Morgan fingerprint density at radius 3 is 2.33 bits per heavy atom. The Hall–Kier alpha value is -1.62. The first-order valence-corrected chi connectivity index (χ1v) is 8.73. The lowest BCUT2D eigenvalue weighted by atomic mass is 9.85. The Morgan fingerprint density at radius 2 is 1.79 bits per heavy atom. The smallest absolute Gasteiger partial charge is 0.315 e. The van der Waals surface area contributed by atoms with Gasteiger partial charge >= 0.3 is 6.03 Å². The molecule has 2 amide bonds. The number of aliphatic hydroxyl groups is 1. The lowest BCUT2D eigenvalue weighted by molar-refractivity contribution is 0.117. The van der Waals surface area contributed by atoms with Crippen LogP contribution in [-0.4, -0.2) is 23.3 Å². The van der Waals surface area contributed by atoms with Gasteiger partial charge in [0.25, 0.3) is 0 Å². The molecule has 0 spiro atoms. The van der Waals surface area contributed by atoms with Crippen LogP contribution in [0.15, 0.2) is 24.3 Å². The van der Waals surface area contributed by atoms with Crippen LogP contribution < -0.4 is 10.6 Å². The molecule has 2 rings (SSSR count). The summed E-state index contributed by atoms with van der Waals surface area (Å²) in [5, 5.41) is 15.6. The second-order valence-corrected chi connectivity index (χ2v) is 7.99. The third-order valence-electron chi connectivity index (χ3n) is 4.43. The third kappa shape index (κ3) is 6.11. The second-order valence-electron chi connectivity index (χ2n) is 7.99. The molecule has 1 aromatic rings. The van der Waals surface area contributed by atoms with Crippen molar-refractivity contribution in [3.05, 3.63) is 35.6 Å². The third-order valence-corrected chi connectivity index (χ3v) is 4.43. The highest BCUT2D eigenvalue weighted by atomic mass is 19.1. The Bertz CT molecular complexity index is 531. The molecule has 4 nitrogen and oxygen atoms in total. The summed E-state index contributed by atoms with van der Waals surface area (Å²) in [7, 11) is 0. The lowest BCUT2D eigenvalue weighted by Crippen LogP contribution is -2.45. The van der Waals surface area contributed by atoms with Gasteiger partial charge in [-0.25, -0.2) is 9.18 Å². The first-order chi connectivity index (χ1) is 11.2. The predicted molar refractivity (Wildman–Crippen MR) is 93.1 cm³/mol. The van der Waals surface area contributed by atoms with Crippen molar-refractivity contribution < 1.29 is 14.3 Å². The summed E-state index contributed by atoms with van der Waals surface area (Å²) in [6.07, 6.45) is 3.58. The fourth-order valence-electron chi connectivity index (χ4n) is 3.17. The van der Waals surface area contributed by atoms with Gasteiger partial charge in [0, 0.05) is 6.04 Å². The molecule has 134 valence electrons. The van der Waals surface area contributed by atoms with Gasteiger partial charge in [-0.2, -0.15) is 0 Å². The number of amides is 2. The number of rotatable bonds is 4. The van der Waals surface area contributed by atoms with E-state index in [0.29, 0.717) is 0 Å². The van der Waals surface area contributed by atoms with Crippen molar-refractivity contribution in [1.82, 2.24) is 10.6 Å². The molecule has 3 N–H and O–H groups in total. The number of hydrogen-bond donors (Lipinski definition) is 3. The van der Waals surface area contributed by atoms with Crippen molar-refractivity contribution in [3.63, 3.8) is 0 Å². The Morgan fingerprint density at radius 1 is 1.21 bits per heavy atom. The van der Waals surface area contributed by atoms with Gasteiger partial charge in [0.1, 0.15) is 5.82 Å². The Kier molecular flexibility index (Phi) is 6.21. The van der Waals surface area contributed by atoms with E-state index in [0.717, 1.165) is 37.7 Å². The van der Waals surface area contributed by atoms with Gasteiger partial charge in [0.15, 0.2) is 0 Å². The molecule has 5 heteroatoms. The highest BCUT2D eigenvalue weighted by Gasteiger charge is 2.25. The zero-order valence-electron chi connectivity index (χ0n) is 14.8. The number of carbonyl (C=O) groups is 1. The van der Waals surface area contributed by atoms with Crippen LogP contribution in [0.2, 0.25) is 0 Å². The molecular formula is C19H29FN2O2. The van der Waals surface area contributed by atoms with Gasteiger partial charge in [-0.05, 0) is 55.2 Å². The van der Waals surface area contributed by atoms with Crippen LogP contribution >= 0.6 is 0 Å². The number of hydrogen-bond acceptors (Lipinski definition) is 2. The van der Waals surface area contributed by atoms with Crippen LogP contribution in [-0.2, 0) is 0 Å². The van der Waals surface area contributed by atoms with Crippen LogP contribution in [0, 0.1) is 11.2 Å². The second kappa shape index (κ2) is 7.97. The van der Waals surface area contributed by atoms with Gasteiger partial charge in [0.2, 0.25) is 0 Å². The van der Waals surface area contributed by atoms with Gasteiger partial charge < -0.3 is 15.7 Å². The number of halogens is 1. The first kappa shape index (κ1) is 18.7. The Labute approximate surface area is 143 Å². The number of carbonyl (C=O) groups excluding carboxylic acids is 1. The highest BCUT2D eigenvalue weighted by molar-refractivity contribution is 5.74. The molecule has 0 radical (unpaired) electrons. The summed E-state index contributed by atoms with van der Waals surface area (Å²) in [4.78, 5) is 12.4. The monoisotopic (exact) mass is 336 g/mol. The summed E-state index contributed by atoms with van der Waals surface area (Å²) in [6, 6.07) is 6.04. The molecule has 24 heavy (non-hydrogen) atoms. The van der Waals surface area contributed by atoms with Gasteiger partial charge in [-0.15, -0.1) is 0 Å². The molecule has 0 aliphatic heterocycles. The van der Waals surface area contributed by atoms with E-state index in [2.05, 4.69) is 31.4 Å². The molecule has 1 atom stereocenters. The number of urea groups is 1. The molecule has 1 unspecified atom stereocenters. The molecule has 1 aliphatic rings. The zero-order chi connectivity index (χ0) is 17.7. The van der Waals surface area contributed by atoms with Crippen molar-refractivity contribution in [3.8, 4) is 0 Å². The van der Waals surface area contributed by atoms with Crippen LogP contribution in [0.25, 0.3) is 0 Å². The van der Waals surface area contributed by atoms with E-state index in [1.807, 2.05) is 0 Å². The Balaban J connectivity index is 1.99. The van der Waals surface area contributed by atoms with Crippen LogP contribution in [0.5, 0.6) is 0 Å². The average molecular weight is 336 g/mol. The minimum atomic E-state index is -0.279. The van der Waals surface area contributed by atoms with Gasteiger partial charge in [0.05, 0.1) is 12.1 Å². The highest BCUT2D eigenvalue weighted by Crippen LogP contribution is 2.29. The number of aliphatic hydroxyl groups excluding tert-OH is 1. The largest absolute Gasteiger partial charge is 0.393 e. The SMILES string of the molecule is CC(C)(C)CC(NC(=O)NC1CCC(O)CC1)c1ccc(F)cc1. The molecule has 1 aromatic carbocycles. The molecule has 0 saturated heterocycles. The molecule has 0 aromatic heterocycles. The van der Waals surface area contributed by atoms with E-state index in [4.69, 9.17) is 0 Å². The van der Waals surface area contributed by atoms with Crippen molar-refractivity contribution in [2.45, 2.75) is 71.1 Å². The minimum absolute atomic E-state index is 0.0290. The van der Waals surface area contributed by atoms with Gasteiger partial charge in [-0.1, -0.05) is 32.9 Å². The standard InChI is InChI=1S/C19H29FN2O2/c1-19(2,3)12-17(13-4-6-14(20)7-5-13)22-18(24)21-15-8-10-16(23)11-9-15/h4-7,15-17,23H,8-12H2,1-3H3,(H2,21,22,24). The van der Waals surface area contributed by atoms with E-state index in [1.165, 1.54) is 12.1 Å². The van der Waals surface area contributed by atoms with Crippen LogP contribution in [0.1, 0.15) is 64.5 Å². The minimum Gasteiger partial charge on any atom is -0.393 e. The molecular weight excluding hydrogens is 307 g/mol. The summed E-state index contributed by atoms with van der Waals surface area (Å²) in [6.45, 7) is 6.35. The van der Waals surface area contributed by atoms with Crippen molar-refractivity contribution >= 4 is 6.03 Å². The molecule has 1 saturated carbocycles. The van der Waals surface area contributed by atoms with E-state index in [9.17, 15) is 14.3 Å². The number of nitrogens with one attached hydrogen (secondary N) is 2. The summed E-state index contributed by atoms with van der Waals surface area (Å²) in [5.41, 5.74) is 0.932. The van der Waals surface area contributed by atoms with Crippen molar-refractivity contribution in [2.24, 2.45) is 5.41 Å². The van der Waals surface area contributed by atoms with Crippen molar-refractivity contribution in [2.75, 3.05) is 0 Å². The number of benzene rings is 1. The van der Waals surface area contributed by atoms with E-state index in [1.54, 1.807) is 12.1 Å². The molecule has 0 heterocycles. The maximum Gasteiger partial charge on any atom is 0.315 e. The first-order valence-electron chi connectivity index (χ1n) is 8.73. The maximum atomic E-state index is 13.2. The molecule has 1 fully saturated rings. The fraction of sp³-hybridized carbons (Fsp3) is 0.632. The lowest BCUT2D eigenvalue weighted by Gasteiger charge is -2.30. The molecule has 1 aliphatic carbocycles. The van der Waals surface area contributed by atoms with Crippen molar-refractivity contribution in [1.29, 1.82) is 0 Å². The quantitative estimate of drug-likeness (QED) is 0.781. The van der Waals surface area contributed by atoms with E-state index < -0.39 is 0 Å². The van der Waals surface area contributed by atoms with E-state index in [-0.39, 0.29) is 35.5 Å². The summed E-state index contributed by atoms with van der Waals surface area (Å²) in [5.74, 6) is -0.279. The predicted octanol–water partition coefficient (Wildman–Crippen LogP) is 3.91. The van der Waals surface area contributed by atoms with Gasteiger partial charge in [-0.3, -0.25) is 0 Å². The van der Waals surface area contributed by atoms with Crippen LogP contribution in [0.4, 0.5) is 9.18 Å². The van der Waals surface area contributed by atoms with Crippen LogP contribution in [0.3, 0.4) is 0 Å². The maximum absolute atomic E-state index is 13.2. The summed E-state index contributed by atoms with van der Waals surface area (Å²) < 4.78 is 13.2. The topological polar surface area (TPSA) is 61.4 Å².